The van der Waals surface area contributed by atoms with E-state index in [1.165, 1.54) is 37.4 Å². The van der Waals surface area contributed by atoms with Crippen LogP contribution in [0.4, 0.5) is 10.1 Å². The monoisotopic (exact) mass is 289 g/mol. The molecule has 0 aliphatic carbocycles. The number of carboxylic acids is 1. The van der Waals surface area contributed by atoms with E-state index in [2.05, 4.69) is 5.32 Å². The number of hydrogen-bond acceptors (Lipinski definition) is 3. The van der Waals surface area contributed by atoms with Crippen molar-refractivity contribution in [1.29, 1.82) is 0 Å². The lowest BCUT2D eigenvalue weighted by atomic mass is 10.1. The Morgan fingerprint density at radius 1 is 1.14 bits per heavy atom. The maximum Gasteiger partial charge on any atom is 0.337 e. The van der Waals surface area contributed by atoms with E-state index in [9.17, 15) is 14.0 Å². The first-order chi connectivity index (χ1) is 10.0. The van der Waals surface area contributed by atoms with Crippen LogP contribution in [0.1, 0.15) is 20.7 Å². The van der Waals surface area contributed by atoms with Gasteiger partial charge in [0.2, 0.25) is 0 Å². The minimum atomic E-state index is -1.19. The molecule has 2 aromatic rings. The molecule has 0 saturated carbocycles. The summed E-state index contributed by atoms with van der Waals surface area (Å²) in [5.41, 5.74) is -0.276. The van der Waals surface area contributed by atoms with E-state index in [0.29, 0.717) is 0 Å². The predicted molar refractivity (Wildman–Crippen MR) is 74.3 cm³/mol. The van der Waals surface area contributed by atoms with Crippen LogP contribution in [0.3, 0.4) is 0 Å². The van der Waals surface area contributed by atoms with Gasteiger partial charge in [-0.25, -0.2) is 9.18 Å². The number of para-hydroxylation sites is 1. The lowest BCUT2D eigenvalue weighted by Crippen LogP contribution is -2.17. The molecule has 108 valence electrons. The van der Waals surface area contributed by atoms with Gasteiger partial charge in [-0.1, -0.05) is 18.2 Å². The summed E-state index contributed by atoms with van der Waals surface area (Å²) in [6.45, 7) is 0. The van der Waals surface area contributed by atoms with Gasteiger partial charge in [-0.3, -0.25) is 4.79 Å². The number of carbonyl (C=O) groups is 2. The molecule has 0 saturated heterocycles. The molecule has 5 nitrogen and oxygen atoms in total. The van der Waals surface area contributed by atoms with E-state index < -0.39 is 17.7 Å². The number of methoxy groups -OCH3 is 1. The first-order valence-electron chi connectivity index (χ1n) is 6.00. The zero-order valence-corrected chi connectivity index (χ0v) is 11.1. The highest BCUT2D eigenvalue weighted by Crippen LogP contribution is 2.23. The van der Waals surface area contributed by atoms with E-state index >= 15 is 0 Å². The van der Waals surface area contributed by atoms with E-state index in [1.54, 1.807) is 6.07 Å². The maximum atomic E-state index is 13.8. The average molecular weight is 289 g/mol. The second kappa shape index (κ2) is 6.04. The van der Waals surface area contributed by atoms with E-state index in [0.717, 1.165) is 6.07 Å². The molecule has 0 aliphatic rings. The number of carboxylic acid groups (broad SMARTS) is 1. The number of amides is 1. The number of halogens is 1. The molecule has 0 bridgehead atoms. The van der Waals surface area contributed by atoms with Gasteiger partial charge in [0.1, 0.15) is 17.1 Å². The fraction of sp³-hybridized carbons (Fsp3) is 0.0667. The lowest BCUT2D eigenvalue weighted by molar-refractivity contribution is 0.0698. The molecule has 0 spiro atoms. The number of benzene rings is 2. The molecule has 0 radical (unpaired) electrons. The van der Waals surface area contributed by atoms with Gasteiger partial charge >= 0.3 is 5.97 Å². The van der Waals surface area contributed by atoms with Crippen molar-refractivity contribution in [2.24, 2.45) is 0 Å². The van der Waals surface area contributed by atoms with E-state index in [-0.39, 0.29) is 22.6 Å². The second-order valence-electron chi connectivity index (χ2n) is 4.12. The Labute approximate surface area is 120 Å². The standard InChI is InChI=1S/C15H12FNO4/c1-21-12-8-4-6-10(16)13(12)14(18)17-11-7-3-2-5-9(11)15(19)20/h2-8H,1H3,(H,17,18)(H,19,20). The fourth-order valence-electron chi connectivity index (χ4n) is 1.86. The molecule has 0 aliphatic heterocycles. The molecule has 0 atom stereocenters. The molecular weight excluding hydrogens is 277 g/mol. The lowest BCUT2D eigenvalue weighted by Gasteiger charge is -2.11. The minimum absolute atomic E-state index is 0.0697. The van der Waals surface area contributed by atoms with Gasteiger partial charge in [0.05, 0.1) is 18.4 Å². The van der Waals surface area contributed by atoms with Crippen LogP contribution in [-0.2, 0) is 0 Å². The summed E-state index contributed by atoms with van der Waals surface area (Å²) in [5.74, 6) is -2.65. The van der Waals surface area contributed by atoms with Gasteiger partial charge in [0, 0.05) is 0 Å². The predicted octanol–water partition coefficient (Wildman–Crippen LogP) is 2.78. The topological polar surface area (TPSA) is 75.6 Å². The number of nitrogens with one attached hydrogen (secondary N) is 1. The van der Waals surface area contributed by atoms with Gasteiger partial charge in [-0.15, -0.1) is 0 Å². The van der Waals surface area contributed by atoms with Crippen LogP contribution in [0, 0.1) is 5.82 Å². The number of carbonyl (C=O) groups excluding carboxylic acids is 1. The highest BCUT2D eigenvalue weighted by atomic mass is 19.1. The first-order valence-corrected chi connectivity index (χ1v) is 6.00. The van der Waals surface area contributed by atoms with Gasteiger partial charge in [-0.05, 0) is 24.3 Å². The van der Waals surface area contributed by atoms with Gasteiger partial charge < -0.3 is 15.2 Å². The van der Waals surface area contributed by atoms with Crippen molar-refractivity contribution < 1.29 is 23.8 Å². The smallest absolute Gasteiger partial charge is 0.337 e. The summed E-state index contributed by atoms with van der Waals surface area (Å²) < 4.78 is 18.7. The fourth-order valence-corrected chi connectivity index (χ4v) is 1.86. The third-order valence-electron chi connectivity index (χ3n) is 2.83. The molecule has 2 N–H and O–H groups in total. The second-order valence-corrected chi connectivity index (χ2v) is 4.12. The van der Waals surface area contributed by atoms with Gasteiger partial charge in [-0.2, -0.15) is 0 Å². The molecule has 2 aromatic carbocycles. The maximum absolute atomic E-state index is 13.8. The van der Waals surface area contributed by atoms with Crippen LogP contribution in [0.5, 0.6) is 5.75 Å². The van der Waals surface area contributed by atoms with Crippen LogP contribution in [0.2, 0.25) is 0 Å². The summed E-state index contributed by atoms with van der Waals surface area (Å²) in [4.78, 5) is 23.2. The van der Waals surface area contributed by atoms with E-state index in [1.807, 2.05) is 0 Å². The number of aromatic carboxylic acids is 1. The summed E-state index contributed by atoms with van der Waals surface area (Å²) >= 11 is 0. The van der Waals surface area contributed by atoms with Crippen molar-refractivity contribution in [3.63, 3.8) is 0 Å². The number of ether oxygens (including phenoxy) is 1. The third kappa shape index (κ3) is 3.00. The van der Waals surface area contributed by atoms with Gasteiger partial charge in [0.15, 0.2) is 0 Å². The molecule has 2 rings (SSSR count). The molecule has 0 aromatic heterocycles. The highest BCUT2D eigenvalue weighted by Gasteiger charge is 2.19. The molecule has 6 heteroatoms. The van der Waals surface area contributed by atoms with Crippen molar-refractivity contribution in [1.82, 2.24) is 0 Å². The van der Waals surface area contributed by atoms with Crippen molar-refractivity contribution in [2.45, 2.75) is 0 Å². The SMILES string of the molecule is COc1cccc(F)c1C(=O)Nc1ccccc1C(=O)O. The minimum Gasteiger partial charge on any atom is -0.496 e. The normalized spacial score (nSPS) is 10.0. The average Bonchev–Trinajstić information content (AvgIpc) is 2.47. The van der Waals surface area contributed by atoms with Crippen molar-refractivity contribution in [3.05, 3.63) is 59.4 Å². The molecule has 1 amide bonds. The zero-order valence-electron chi connectivity index (χ0n) is 11.1. The molecule has 0 unspecified atom stereocenters. The van der Waals surface area contributed by atoms with Crippen molar-refractivity contribution in [2.75, 3.05) is 12.4 Å². The van der Waals surface area contributed by atoms with Crippen molar-refractivity contribution in [3.8, 4) is 5.75 Å². The van der Waals surface area contributed by atoms with Crippen LogP contribution in [-0.4, -0.2) is 24.1 Å². The van der Waals surface area contributed by atoms with E-state index in [4.69, 9.17) is 9.84 Å². The summed E-state index contributed by atoms with van der Waals surface area (Å²) in [5, 5.41) is 11.4. The number of rotatable bonds is 4. The van der Waals surface area contributed by atoms with Gasteiger partial charge in [0.25, 0.3) is 5.91 Å². The Morgan fingerprint density at radius 3 is 2.52 bits per heavy atom. The quantitative estimate of drug-likeness (QED) is 0.907. The zero-order chi connectivity index (χ0) is 15.4. The van der Waals surface area contributed by atoms with Crippen LogP contribution >= 0.6 is 0 Å². The Kier molecular flexibility index (Phi) is 4.18. The highest BCUT2D eigenvalue weighted by molar-refractivity contribution is 6.09. The summed E-state index contributed by atoms with van der Waals surface area (Å²) in [7, 11) is 1.32. The number of anilines is 1. The number of hydrogen-bond donors (Lipinski definition) is 2. The Bertz CT molecular complexity index is 700. The largest absolute Gasteiger partial charge is 0.496 e. The molecule has 0 fully saturated rings. The third-order valence-corrected chi connectivity index (χ3v) is 2.83. The molecular formula is C15H12FNO4. The summed E-state index contributed by atoms with van der Waals surface area (Å²) in [6, 6.07) is 9.85. The molecule has 0 heterocycles. The van der Waals surface area contributed by atoms with Crippen LogP contribution < -0.4 is 10.1 Å². The Balaban J connectivity index is 2.38. The Morgan fingerprint density at radius 2 is 1.86 bits per heavy atom. The van der Waals surface area contributed by atoms with Crippen molar-refractivity contribution >= 4 is 17.6 Å². The molecule has 21 heavy (non-hydrogen) atoms. The van der Waals surface area contributed by atoms with Crippen LogP contribution in [0.25, 0.3) is 0 Å². The first kappa shape index (κ1) is 14.5. The Hall–Kier alpha value is -2.89. The van der Waals surface area contributed by atoms with Crippen LogP contribution in [0.15, 0.2) is 42.5 Å². The summed E-state index contributed by atoms with van der Waals surface area (Å²) in [6.07, 6.45) is 0.